The van der Waals surface area contributed by atoms with Crippen molar-refractivity contribution in [3.63, 3.8) is 0 Å². The molecule has 7 nitrogen and oxygen atoms in total. The van der Waals surface area contributed by atoms with Crippen molar-refractivity contribution >= 4 is 37.5 Å². The normalized spacial score (nSPS) is 20.5. The van der Waals surface area contributed by atoms with Crippen LogP contribution in [0, 0.1) is 24.8 Å². The highest BCUT2D eigenvalue weighted by atomic mass is 32.2. The molecule has 0 saturated heterocycles. The zero-order valence-corrected chi connectivity index (χ0v) is 20.0. The molecule has 0 aliphatic heterocycles. The van der Waals surface area contributed by atoms with Crippen molar-refractivity contribution in [2.75, 3.05) is 0 Å². The molecule has 1 saturated carbocycles. The second-order valence-corrected chi connectivity index (χ2v) is 10.8. The van der Waals surface area contributed by atoms with Crippen LogP contribution in [0.1, 0.15) is 36.4 Å². The molecule has 8 heteroatoms. The summed E-state index contributed by atoms with van der Waals surface area (Å²) in [5.41, 5.74) is 3.65. The molecule has 1 aliphatic carbocycles. The van der Waals surface area contributed by atoms with Crippen molar-refractivity contribution in [3.8, 4) is 6.07 Å². The lowest BCUT2D eigenvalue weighted by Crippen LogP contribution is -2.49. The molecule has 2 N–H and O–H groups in total. The Morgan fingerprint density at radius 1 is 1.06 bits per heavy atom. The van der Waals surface area contributed by atoms with Crippen molar-refractivity contribution in [1.29, 1.82) is 5.26 Å². The van der Waals surface area contributed by atoms with E-state index in [0.29, 0.717) is 24.1 Å². The Kier molecular flexibility index (Phi) is 5.82. The molecule has 1 aliphatic rings. The van der Waals surface area contributed by atoms with E-state index in [1.54, 1.807) is 48.5 Å². The summed E-state index contributed by atoms with van der Waals surface area (Å²) in [6.45, 7) is 9.29. The highest BCUT2D eigenvalue weighted by molar-refractivity contribution is 7.89. The summed E-state index contributed by atoms with van der Waals surface area (Å²) in [7, 11) is -3.79. The van der Waals surface area contributed by atoms with Gasteiger partial charge in [-0.15, -0.1) is 0 Å². The van der Waals surface area contributed by atoms with E-state index >= 15 is 0 Å². The molecule has 0 radical (unpaired) electrons. The molecular weight excluding hydrogens is 460 g/mol. The number of sulfonamides is 1. The molecule has 5 rings (SSSR count). The number of nitrogens with zero attached hydrogens (tertiary/aromatic N) is 3. The van der Waals surface area contributed by atoms with E-state index < -0.39 is 22.2 Å². The lowest BCUT2D eigenvalue weighted by molar-refractivity contribution is 0.0547. The van der Waals surface area contributed by atoms with Gasteiger partial charge in [0.2, 0.25) is 10.0 Å². The molecule has 176 valence electrons. The number of fused-ring (bicyclic) bond motifs is 3. The second kappa shape index (κ2) is 8.83. The maximum absolute atomic E-state index is 13.0. The van der Waals surface area contributed by atoms with E-state index in [9.17, 15) is 18.8 Å². The van der Waals surface area contributed by atoms with Gasteiger partial charge in [-0.2, -0.15) is 5.26 Å². The van der Waals surface area contributed by atoms with Gasteiger partial charge in [-0.05, 0) is 74.0 Å². The van der Waals surface area contributed by atoms with Crippen molar-refractivity contribution in [3.05, 3.63) is 83.2 Å². The first-order valence-corrected chi connectivity index (χ1v) is 12.9. The molecule has 0 unspecified atom stereocenters. The number of benzene rings is 3. The van der Waals surface area contributed by atoms with Crippen molar-refractivity contribution in [2.24, 2.45) is 0 Å². The lowest BCUT2D eigenvalue weighted by atomic mass is 9.88. The highest BCUT2D eigenvalue weighted by Gasteiger charge is 2.37. The van der Waals surface area contributed by atoms with Crippen LogP contribution in [0.25, 0.3) is 26.7 Å². The van der Waals surface area contributed by atoms with Crippen LogP contribution < -0.4 is 4.72 Å². The summed E-state index contributed by atoms with van der Waals surface area (Å²) < 4.78 is 30.8. The first kappa shape index (κ1) is 23.1. The fourth-order valence-electron chi connectivity index (χ4n) is 5.09. The fourth-order valence-corrected chi connectivity index (χ4v) is 6.38. The molecular formula is C27H24N4O3S. The van der Waals surface area contributed by atoms with Crippen molar-refractivity contribution in [1.82, 2.24) is 9.29 Å². The quantitative estimate of drug-likeness (QED) is 0.400. The molecule has 0 spiro atoms. The Morgan fingerprint density at radius 2 is 1.74 bits per heavy atom. The van der Waals surface area contributed by atoms with Gasteiger partial charge in [-0.1, -0.05) is 23.8 Å². The summed E-state index contributed by atoms with van der Waals surface area (Å²) in [6, 6.07) is 18.6. The molecule has 3 atom stereocenters. The van der Waals surface area contributed by atoms with E-state index in [2.05, 4.69) is 15.6 Å². The Balaban J connectivity index is 1.57. The van der Waals surface area contributed by atoms with Gasteiger partial charge in [-0.25, -0.2) is 18.0 Å². The first-order chi connectivity index (χ1) is 16.8. The zero-order valence-electron chi connectivity index (χ0n) is 19.1. The molecule has 1 heterocycles. The lowest BCUT2D eigenvalue weighted by Gasteiger charge is -2.36. The third-order valence-corrected chi connectivity index (χ3v) is 8.34. The van der Waals surface area contributed by atoms with Gasteiger partial charge < -0.3 is 9.67 Å². The fraction of sp³-hybridized carbons (Fsp3) is 0.259. The van der Waals surface area contributed by atoms with Crippen LogP contribution in [0.2, 0.25) is 0 Å². The van der Waals surface area contributed by atoms with Crippen LogP contribution in [0.4, 0.5) is 5.69 Å². The Hall–Kier alpha value is -3.69. The molecule has 1 aromatic heterocycles. The molecule has 35 heavy (non-hydrogen) atoms. The van der Waals surface area contributed by atoms with E-state index in [4.69, 9.17) is 6.57 Å². The summed E-state index contributed by atoms with van der Waals surface area (Å²) in [5.74, 6) is 0. The van der Waals surface area contributed by atoms with Gasteiger partial charge in [0.05, 0.1) is 41.3 Å². The Labute approximate surface area is 204 Å². The van der Waals surface area contributed by atoms with E-state index in [0.717, 1.165) is 33.8 Å². The monoisotopic (exact) mass is 484 g/mol. The van der Waals surface area contributed by atoms with Gasteiger partial charge >= 0.3 is 0 Å². The van der Waals surface area contributed by atoms with Crippen LogP contribution in [0.15, 0.2) is 65.6 Å². The number of hydrogen-bond acceptors (Lipinski definition) is 4. The van der Waals surface area contributed by atoms with Crippen LogP contribution in [-0.4, -0.2) is 30.2 Å². The number of aliphatic hydroxyl groups is 1. The molecule has 0 bridgehead atoms. The molecule has 0 amide bonds. The maximum Gasteiger partial charge on any atom is 0.240 e. The minimum absolute atomic E-state index is 0.171. The third kappa shape index (κ3) is 4.06. The number of rotatable bonds is 4. The predicted molar refractivity (Wildman–Crippen MR) is 135 cm³/mol. The largest absolute Gasteiger partial charge is 0.389 e. The molecule has 1 fully saturated rings. The van der Waals surface area contributed by atoms with Gasteiger partial charge in [0.15, 0.2) is 5.69 Å². The van der Waals surface area contributed by atoms with Crippen LogP contribution in [0.3, 0.4) is 0 Å². The first-order valence-electron chi connectivity index (χ1n) is 11.4. The number of aryl methyl sites for hydroxylation is 1. The summed E-state index contributed by atoms with van der Waals surface area (Å²) in [5, 5.41) is 22.5. The van der Waals surface area contributed by atoms with E-state index in [1.165, 1.54) is 0 Å². The van der Waals surface area contributed by atoms with Crippen LogP contribution >= 0.6 is 0 Å². The standard InChI is InChI=1S/C27H24N4O3S/c1-17-6-10-20(11-7-17)35(33,34)30-23-4-3-5-26(27(23)32)31-24-12-8-18(16-28)14-21(24)22-15-19(29-2)9-13-25(22)31/h6-15,23,26-27,30,32H,3-5H2,1H3/t23-,26+,27+/m1/s1. The number of aliphatic hydroxyl groups excluding tert-OH is 1. The summed E-state index contributed by atoms with van der Waals surface area (Å²) >= 11 is 0. The van der Waals surface area contributed by atoms with Gasteiger partial charge in [0.1, 0.15) is 0 Å². The second-order valence-electron chi connectivity index (χ2n) is 9.06. The SMILES string of the molecule is [C-]#[N+]c1ccc2c(c1)c1cc(C#N)ccc1n2[C@H]1CCC[C@@H](NS(=O)(=O)c2ccc(C)cc2)[C@@H]1O. The van der Waals surface area contributed by atoms with Gasteiger partial charge in [0, 0.05) is 16.4 Å². The third-order valence-electron chi connectivity index (χ3n) is 6.84. The summed E-state index contributed by atoms with van der Waals surface area (Å²) in [4.78, 5) is 3.71. The number of hydrogen-bond donors (Lipinski definition) is 2. The topological polar surface area (TPSA) is 99.5 Å². The predicted octanol–water partition coefficient (Wildman–Crippen LogP) is 4.96. The minimum Gasteiger partial charge on any atom is -0.389 e. The average Bonchev–Trinajstić information content (AvgIpc) is 3.18. The summed E-state index contributed by atoms with van der Waals surface area (Å²) in [6.07, 6.45) is 0.979. The van der Waals surface area contributed by atoms with E-state index in [-0.39, 0.29) is 10.9 Å². The van der Waals surface area contributed by atoms with Crippen LogP contribution in [0.5, 0.6) is 0 Å². The highest BCUT2D eigenvalue weighted by Crippen LogP contribution is 2.39. The molecule has 4 aromatic rings. The number of aromatic nitrogens is 1. The van der Waals surface area contributed by atoms with Gasteiger partial charge in [-0.3, -0.25) is 0 Å². The van der Waals surface area contributed by atoms with Crippen molar-refractivity contribution in [2.45, 2.75) is 49.3 Å². The van der Waals surface area contributed by atoms with E-state index in [1.807, 2.05) is 23.6 Å². The average molecular weight is 485 g/mol. The minimum atomic E-state index is -3.79. The van der Waals surface area contributed by atoms with Crippen molar-refractivity contribution < 1.29 is 13.5 Å². The Bertz CT molecular complexity index is 1550. The molecule has 3 aromatic carbocycles. The smallest absolute Gasteiger partial charge is 0.240 e. The van der Waals surface area contributed by atoms with Gasteiger partial charge in [0.25, 0.3) is 0 Å². The van der Waals surface area contributed by atoms with Crippen LogP contribution in [-0.2, 0) is 10.0 Å². The Morgan fingerprint density at radius 3 is 2.43 bits per heavy atom. The number of nitriles is 1. The number of nitrogens with one attached hydrogen (secondary N) is 1. The maximum atomic E-state index is 13.0. The zero-order chi connectivity index (χ0) is 24.7.